The lowest BCUT2D eigenvalue weighted by atomic mass is 10.2. The van der Waals surface area contributed by atoms with Gasteiger partial charge >= 0.3 is 0 Å². The topological polar surface area (TPSA) is 103 Å². The van der Waals surface area contributed by atoms with E-state index in [2.05, 4.69) is 10.0 Å². The lowest BCUT2D eigenvalue weighted by Gasteiger charge is -2.14. The van der Waals surface area contributed by atoms with Crippen molar-refractivity contribution < 1.29 is 27.4 Å². The molecule has 0 bridgehead atoms. The summed E-state index contributed by atoms with van der Waals surface area (Å²) in [5.41, 5.74) is 1.73. The predicted molar refractivity (Wildman–Crippen MR) is 122 cm³/mol. The van der Waals surface area contributed by atoms with Crippen LogP contribution in [0, 0.1) is 6.92 Å². The van der Waals surface area contributed by atoms with Crippen molar-refractivity contribution in [2.75, 3.05) is 30.9 Å². The summed E-state index contributed by atoms with van der Waals surface area (Å²) in [4.78, 5) is 12.2. The van der Waals surface area contributed by atoms with Crippen LogP contribution in [0.1, 0.15) is 5.56 Å². The summed E-state index contributed by atoms with van der Waals surface area (Å²) < 4.78 is 44.1. The van der Waals surface area contributed by atoms with Gasteiger partial charge in [-0.3, -0.25) is 9.52 Å². The minimum absolute atomic E-state index is 0.118. The average Bonchev–Trinajstić information content (AvgIpc) is 2.79. The molecule has 9 heteroatoms. The molecule has 0 saturated heterocycles. The van der Waals surface area contributed by atoms with Crippen molar-refractivity contribution in [2.24, 2.45) is 0 Å². The number of methoxy groups -OCH3 is 2. The molecule has 0 spiro atoms. The van der Waals surface area contributed by atoms with Crippen molar-refractivity contribution in [3.8, 4) is 17.2 Å². The van der Waals surface area contributed by atoms with Crippen LogP contribution in [-0.2, 0) is 14.8 Å². The zero-order chi connectivity index (χ0) is 23.1. The Labute approximate surface area is 187 Å². The maximum atomic E-state index is 13.0. The molecule has 3 aromatic carbocycles. The smallest absolute Gasteiger partial charge is 0.265 e. The van der Waals surface area contributed by atoms with Gasteiger partial charge in [0.05, 0.1) is 14.2 Å². The molecule has 2 N–H and O–H groups in total. The van der Waals surface area contributed by atoms with Crippen molar-refractivity contribution in [2.45, 2.75) is 11.8 Å². The fourth-order valence-electron chi connectivity index (χ4n) is 2.81. The maximum Gasteiger partial charge on any atom is 0.265 e. The first-order valence-electron chi connectivity index (χ1n) is 9.65. The van der Waals surface area contributed by atoms with Gasteiger partial charge in [0, 0.05) is 11.4 Å². The highest BCUT2D eigenvalue weighted by Crippen LogP contribution is 2.29. The maximum absolute atomic E-state index is 13.0. The highest BCUT2D eigenvalue weighted by atomic mass is 32.2. The lowest BCUT2D eigenvalue weighted by Crippen LogP contribution is -2.21. The number of hydrogen-bond acceptors (Lipinski definition) is 6. The molecule has 0 atom stereocenters. The van der Waals surface area contributed by atoms with Crippen LogP contribution in [0.5, 0.6) is 17.2 Å². The van der Waals surface area contributed by atoms with E-state index in [0.717, 1.165) is 5.56 Å². The van der Waals surface area contributed by atoms with Gasteiger partial charge in [-0.25, -0.2) is 8.42 Å². The largest absolute Gasteiger partial charge is 0.497 e. The standard InChI is InChI=1S/C23H24N2O6S/c1-16-4-9-20(10-5-16)31-15-23(26)24-18-8-13-21(30-3)22(14-18)32(27,28)25-17-6-11-19(29-2)12-7-17/h4-14,25H,15H2,1-3H3,(H,24,26). The van der Waals surface area contributed by atoms with E-state index in [4.69, 9.17) is 14.2 Å². The van der Waals surface area contributed by atoms with Crippen LogP contribution in [0.2, 0.25) is 0 Å². The van der Waals surface area contributed by atoms with Crippen LogP contribution in [0.15, 0.2) is 71.6 Å². The quantitative estimate of drug-likeness (QED) is 0.507. The first-order valence-corrected chi connectivity index (χ1v) is 11.1. The normalized spacial score (nSPS) is 10.8. The Kier molecular flexibility index (Phi) is 7.21. The van der Waals surface area contributed by atoms with Crippen molar-refractivity contribution >= 4 is 27.3 Å². The van der Waals surface area contributed by atoms with Gasteiger partial charge in [0.1, 0.15) is 22.1 Å². The third-order valence-electron chi connectivity index (χ3n) is 4.47. The molecular weight excluding hydrogens is 432 g/mol. The number of ether oxygens (including phenoxy) is 3. The molecular formula is C23H24N2O6S. The summed E-state index contributed by atoms with van der Waals surface area (Å²) in [6.45, 7) is 1.73. The number of sulfonamides is 1. The second-order valence-electron chi connectivity index (χ2n) is 6.85. The molecule has 0 aliphatic rings. The Morgan fingerprint density at radius 2 is 1.47 bits per heavy atom. The van der Waals surface area contributed by atoms with E-state index in [1.807, 2.05) is 19.1 Å². The van der Waals surface area contributed by atoms with E-state index in [1.54, 1.807) is 42.5 Å². The molecule has 8 nitrogen and oxygen atoms in total. The van der Waals surface area contributed by atoms with Crippen LogP contribution in [-0.4, -0.2) is 35.2 Å². The molecule has 0 saturated carbocycles. The van der Waals surface area contributed by atoms with Crippen molar-refractivity contribution in [3.05, 3.63) is 72.3 Å². The molecule has 0 radical (unpaired) electrons. The van der Waals surface area contributed by atoms with Crippen LogP contribution in [0.25, 0.3) is 0 Å². The van der Waals surface area contributed by atoms with Gasteiger partial charge < -0.3 is 19.5 Å². The highest BCUT2D eigenvalue weighted by Gasteiger charge is 2.21. The number of benzene rings is 3. The van der Waals surface area contributed by atoms with Gasteiger partial charge in [-0.1, -0.05) is 17.7 Å². The first kappa shape index (κ1) is 23.0. The van der Waals surface area contributed by atoms with E-state index in [9.17, 15) is 13.2 Å². The lowest BCUT2D eigenvalue weighted by molar-refractivity contribution is -0.118. The van der Waals surface area contributed by atoms with Crippen LogP contribution >= 0.6 is 0 Å². The summed E-state index contributed by atoms with van der Waals surface area (Å²) in [6.07, 6.45) is 0. The predicted octanol–water partition coefficient (Wildman–Crippen LogP) is 3.83. The number of hydrogen-bond donors (Lipinski definition) is 2. The molecule has 0 fully saturated rings. The van der Waals surface area contributed by atoms with E-state index in [-0.39, 0.29) is 17.3 Å². The number of aryl methyl sites for hydroxylation is 1. The van der Waals surface area contributed by atoms with Crippen molar-refractivity contribution in [1.29, 1.82) is 0 Å². The van der Waals surface area contributed by atoms with Gasteiger partial charge in [-0.15, -0.1) is 0 Å². The number of carbonyl (C=O) groups excluding carboxylic acids is 1. The van der Waals surface area contributed by atoms with Crippen LogP contribution < -0.4 is 24.2 Å². The zero-order valence-electron chi connectivity index (χ0n) is 17.9. The first-order chi connectivity index (χ1) is 15.3. The van der Waals surface area contributed by atoms with Crippen molar-refractivity contribution in [3.63, 3.8) is 0 Å². The summed E-state index contributed by atoms with van der Waals surface area (Å²) in [6, 6.07) is 18.1. The molecule has 0 unspecified atom stereocenters. The Bertz CT molecular complexity index is 1180. The molecule has 0 aliphatic heterocycles. The minimum Gasteiger partial charge on any atom is -0.497 e. The number of rotatable bonds is 9. The molecule has 1 amide bonds. The molecule has 168 valence electrons. The SMILES string of the molecule is COc1ccc(NS(=O)(=O)c2cc(NC(=O)COc3ccc(C)cc3)ccc2OC)cc1. The van der Waals surface area contributed by atoms with Gasteiger partial charge in [0.2, 0.25) is 0 Å². The van der Waals surface area contributed by atoms with Crippen LogP contribution in [0.3, 0.4) is 0 Å². The fourth-order valence-corrected chi connectivity index (χ4v) is 4.07. The van der Waals surface area contributed by atoms with Crippen LogP contribution in [0.4, 0.5) is 11.4 Å². The Hall–Kier alpha value is -3.72. The average molecular weight is 457 g/mol. The van der Waals surface area contributed by atoms with Gasteiger partial charge in [-0.2, -0.15) is 0 Å². The summed E-state index contributed by atoms with van der Waals surface area (Å²) in [5.74, 6) is 0.873. The Morgan fingerprint density at radius 3 is 2.09 bits per heavy atom. The van der Waals surface area contributed by atoms with Gasteiger partial charge in [0.25, 0.3) is 15.9 Å². The Morgan fingerprint density at radius 1 is 0.844 bits per heavy atom. The van der Waals surface area contributed by atoms with E-state index < -0.39 is 15.9 Å². The molecule has 3 rings (SSSR count). The number of carbonyl (C=O) groups is 1. The molecule has 0 aliphatic carbocycles. The molecule has 32 heavy (non-hydrogen) atoms. The third kappa shape index (κ3) is 5.92. The van der Waals surface area contributed by atoms with Gasteiger partial charge in [0.15, 0.2) is 6.61 Å². The summed E-state index contributed by atoms with van der Waals surface area (Å²) >= 11 is 0. The monoisotopic (exact) mass is 456 g/mol. The third-order valence-corrected chi connectivity index (χ3v) is 5.87. The van der Waals surface area contributed by atoms with Gasteiger partial charge in [-0.05, 0) is 61.5 Å². The van der Waals surface area contributed by atoms with E-state index in [1.165, 1.54) is 26.4 Å². The molecule has 0 heterocycles. The van der Waals surface area contributed by atoms with E-state index in [0.29, 0.717) is 22.9 Å². The Balaban J connectivity index is 1.73. The number of anilines is 2. The minimum atomic E-state index is -3.99. The summed E-state index contributed by atoms with van der Waals surface area (Å²) in [5, 5.41) is 2.64. The second-order valence-corrected chi connectivity index (χ2v) is 8.50. The molecule has 3 aromatic rings. The fraction of sp³-hybridized carbons (Fsp3) is 0.174. The number of amides is 1. The highest BCUT2D eigenvalue weighted by molar-refractivity contribution is 7.92. The second kappa shape index (κ2) is 10.1. The molecule has 0 aromatic heterocycles. The van der Waals surface area contributed by atoms with Crippen molar-refractivity contribution in [1.82, 2.24) is 0 Å². The van der Waals surface area contributed by atoms with E-state index >= 15 is 0 Å². The number of nitrogens with one attached hydrogen (secondary N) is 2. The summed E-state index contributed by atoms with van der Waals surface area (Å²) in [7, 11) is -1.10. The zero-order valence-corrected chi connectivity index (χ0v) is 18.7.